The number of nitrogens with two attached hydrogens (primary N) is 1. The summed E-state index contributed by atoms with van der Waals surface area (Å²) in [4.78, 5) is 45.9. The van der Waals surface area contributed by atoms with E-state index in [9.17, 15) is 29.4 Å². The van der Waals surface area contributed by atoms with Crippen LogP contribution in [0.4, 0.5) is 0 Å². The fraction of sp³-hybridized carbons (Fsp3) is 0.333. The SMILES string of the molecule is NC(=O)CN(CCSc1ccc(O)cc1)CCSc1ccc(O)cc1.O=C(O)CC(O)(CC(=O)O)C(=O)O. The van der Waals surface area contributed by atoms with Gasteiger partial charge in [-0.15, -0.1) is 23.5 Å². The van der Waals surface area contributed by atoms with Gasteiger partial charge < -0.3 is 36.4 Å². The molecule has 0 heterocycles. The zero-order chi connectivity index (χ0) is 28.7. The number of carbonyl (C=O) groups is 4. The van der Waals surface area contributed by atoms with Gasteiger partial charge in [-0.05, 0) is 48.5 Å². The summed E-state index contributed by atoms with van der Waals surface area (Å²) < 4.78 is 0. The summed E-state index contributed by atoms with van der Waals surface area (Å²) in [6.07, 6.45) is -2.29. The molecule has 2 aromatic rings. The van der Waals surface area contributed by atoms with E-state index < -0.39 is 36.4 Å². The summed E-state index contributed by atoms with van der Waals surface area (Å²) in [6, 6.07) is 14.2. The summed E-state index contributed by atoms with van der Waals surface area (Å²) >= 11 is 3.35. The molecule has 208 valence electrons. The van der Waals surface area contributed by atoms with Crippen LogP contribution < -0.4 is 5.73 Å². The Bertz CT molecular complexity index is 997. The molecule has 0 saturated heterocycles. The number of thioether (sulfide) groups is 2. The summed E-state index contributed by atoms with van der Waals surface area (Å²) in [6.45, 7) is 1.75. The molecular formula is C24H30N2O10S2. The first-order valence-corrected chi connectivity index (χ1v) is 13.0. The Labute approximate surface area is 227 Å². The monoisotopic (exact) mass is 570 g/mol. The number of benzene rings is 2. The summed E-state index contributed by atoms with van der Waals surface area (Å²) in [5.74, 6) is -3.17. The average Bonchev–Trinajstić information content (AvgIpc) is 2.80. The Morgan fingerprint density at radius 2 is 1.11 bits per heavy atom. The molecule has 2 aromatic carbocycles. The van der Waals surface area contributed by atoms with Crippen LogP contribution in [0.3, 0.4) is 0 Å². The molecule has 0 unspecified atom stereocenters. The van der Waals surface area contributed by atoms with Crippen molar-refractivity contribution in [2.24, 2.45) is 5.73 Å². The number of primary amides is 1. The highest BCUT2D eigenvalue weighted by Gasteiger charge is 2.40. The molecule has 12 nitrogen and oxygen atoms in total. The van der Waals surface area contributed by atoms with Crippen molar-refractivity contribution in [2.75, 3.05) is 31.1 Å². The van der Waals surface area contributed by atoms with Crippen molar-refractivity contribution in [1.29, 1.82) is 0 Å². The van der Waals surface area contributed by atoms with Gasteiger partial charge in [-0.1, -0.05) is 0 Å². The Morgan fingerprint density at radius 3 is 1.39 bits per heavy atom. The van der Waals surface area contributed by atoms with Gasteiger partial charge in [0.15, 0.2) is 5.60 Å². The van der Waals surface area contributed by atoms with E-state index in [1.54, 1.807) is 47.8 Å². The molecule has 0 spiro atoms. The number of hydrogen-bond acceptors (Lipinski definition) is 10. The molecule has 0 aliphatic carbocycles. The minimum Gasteiger partial charge on any atom is -0.508 e. The number of aromatic hydroxyl groups is 2. The minimum absolute atomic E-state index is 0.242. The maximum atomic E-state index is 11.3. The molecule has 1 amide bonds. The maximum absolute atomic E-state index is 11.3. The van der Waals surface area contributed by atoms with Gasteiger partial charge >= 0.3 is 17.9 Å². The van der Waals surface area contributed by atoms with Crippen molar-refractivity contribution in [3.63, 3.8) is 0 Å². The number of carboxylic acid groups (broad SMARTS) is 3. The standard InChI is InChI=1S/C18H22N2O3S2.C6H8O7/c19-18(23)13-20(9-11-24-16-5-1-14(21)2-6-16)10-12-25-17-7-3-15(22)4-8-17;7-3(8)1-6(13,5(11)12)2-4(9)10/h1-8,21-22H,9-13H2,(H2,19,23);13H,1-2H2,(H,7,8)(H,9,10)(H,11,12). The van der Waals surface area contributed by atoms with E-state index >= 15 is 0 Å². The molecule has 0 aliphatic heterocycles. The molecule has 0 fully saturated rings. The third-order valence-corrected chi connectivity index (χ3v) is 6.68. The lowest BCUT2D eigenvalue weighted by Crippen LogP contribution is -2.42. The highest BCUT2D eigenvalue weighted by molar-refractivity contribution is 7.99. The Hall–Kier alpha value is -3.46. The number of amides is 1. The van der Waals surface area contributed by atoms with Crippen LogP contribution >= 0.6 is 23.5 Å². The number of aliphatic hydroxyl groups is 1. The number of rotatable bonds is 15. The van der Waals surface area contributed by atoms with E-state index in [1.807, 2.05) is 29.2 Å². The van der Waals surface area contributed by atoms with Crippen LogP contribution in [0.5, 0.6) is 11.5 Å². The van der Waals surface area contributed by atoms with Crippen molar-refractivity contribution in [3.05, 3.63) is 48.5 Å². The van der Waals surface area contributed by atoms with Gasteiger partial charge in [0.05, 0.1) is 19.4 Å². The molecule has 0 aliphatic rings. The van der Waals surface area contributed by atoms with E-state index in [4.69, 9.17) is 26.2 Å². The van der Waals surface area contributed by atoms with Crippen molar-refractivity contribution in [1.82, 2.24) is 4.90 Å². The van der Waals surface area contributed by atoms with E-state index in [-0.39, 0.29) is 24.0 Å². The first-order valence-electron chi connectivity index (χ1n) is 11.0. The normalized spacial score (nSPS) is 10.9. The molecule has 0 bridgehead atoms. The van der Waals surface area contributed by atoms with Gasteiger partial charge in [-0.2, -0.15) is 0 Å². The quantitative estimate of drug-likeness (QED) is 0.151. The lowest BCUT2D eigenvalue weighted by molar-refractivity contribution is -0.170. The lowest BCUT2D eigenvalue weighted by Gasteiger charge is -2.20. The summed E-state index contributed by atoms with van der Waals surface area (Å²) in [7, 11) is 0. The summed E-state index contributed by atoms with van der Waals surface area (Å²) in [5.41, 5.74) is 2.60. The fourth-order valence-electron chi connectivity index (χ4n) is 2.87. The van der Waals surface area contributed by atoms with Crippen LogP contribution in [0.2, 0.25) is 0 Å². The number of carboxylic acids is 3. The Morgan fingerprint density at radius 1 is 0.737 bits per heavy atom. The topological polar surface area (TPSA) is 219 Å². The predicted molar refractivity (Wildman–Crippen MR) is 140 cm³/mol. The van der Waals surface area contributed by atoms with E-state index in [2.05, 4.69) is 0 Å². The van der Waals surface area contributed by atoms with Crippen LogP contribution in [-0.2, 0) is 19.2 Å². The van der Waals surface area contributed by atoms with Crippen molar-refractivity contribution in [3.8, 4) is 11.5 Å². The molecular weight excluding hydrogens is 540 g/mol. The minimum atomic E-state index is -2.74. The number of nitrogens with zero attached hydrogens (tertiary/aromatic N) is 1. The number of phenols is 2. The third-order valence-electron chi connectivity index (χ3n) is 4.69. The third kappa shape index (κ3) is 13.7. The van der Waals surface area contributed by atoms with Gasteiger partial charge in [0, 0.05) is 34.4 Å². The second-order valence-corrected chi connectivity index (χ2v) is 10.2. The molecule has 0 saturated carbocycles. The number of hydrogen-bond donors (Lipinski definition) is 7. The molecule has 2 rings (SSSR count). The Kier molecular flexibility index (Phi) is 14.1. The van der Waals surface area contributed by atoms with Gasteiger partial charge in [0.25, 0.3) is 0 Å². The van der Waals surface area contributed by atoms with Crippen LogP contribution in [0, 0.1) is 0 Å². The smallest absolute Gasteiger partial charge is 0.336 e. The van der Waals surface area contributed by atoms with Crippen LogP contribution in [0.15, 0.2) is 58.3 Å². The maximum Gasteiger partial charge on any atom is 0.336 e. The Balaban J connectivity index is 0.000000471. The number of phenolic OH excluding ortho intramolecular Hbond substituents is 2. The van der Waals surface area contributed by atoms with Crippen LogP contribution in [0.1, 0.15) is 12.8 Å². The van der Waals surface area contributed by atoms with Gasteiger partial charge in [-0.3, -0.25) is 19.3 Å². The second kappa shape index (κ2) is 16.4. The molecule has 38 heavy (non-hydrogen) atoms. The molecule has 0 aromatic heterocycles. The summed E-state index contributed by atoms with van der Waals surface area (Å²) in [5, 5.41) is 52.4. The first-order chi connectivity index (χ1) is 17.8. The highest BCUT2D eigenvalue weighted by Crippen LogP contribution is 2.22. The van der Waals surface area contributed by atoms with E-state index in [0.29, 0.717) is 0 Å². The zero-order valence-electron chi connectivity index (χ0n) is 20.2. The molecule has 8 N–H and O–H groups in total. The first kappa shape index (κ1) is 32.6. The van der Waals surface area contributed by atoms with Crippen molar-refractivity contribution < 1.29 is 49.8 Å². The van der Waals surface area contributed by atoms with Crippen molar-refractivity contribution >= 4 is 47.3 Å². The van der Waals surface area contributed by atoms with Gasteiger partial charge in [-0.25, -0.2) is 4.79 Å². The highest BCUT2D eigenvalue weighted by atomic mass is 32.2. The largest absolute Gasteiger partial charge is 0.508 e. The van der Waals surface area contributed by atoms with Gasteiger partial charge in [0.2, 0.25) is 5.91 Å². The van der Waals surface area contributed by atoms with E-state index in [0.717, 1.165) is 34.4 Å². The molecule has 0 atom stereocenters. The van der Waals surface area contributed by atoms with Crippen molar-refractivity contribution in [2.45, 2.75) is 28.2 Å². The fourth-order valence-corrected chi connectivity index (χ4v) is 4.70. The number of carbonyl (C=O) groups excluding carboxylic acids is 1. The zero-order valence-corrected chi connectivity index (χ0v) is 21.9. The predicted octanol–water partition coefficient (Wildman–Crippen LogP) is 1.52. The molecule has 0 radical (unpaired) electrons. The van der Waals surface area contributed by atoms with E-state index in [1.165, 1.54) is 0 Å². The van der Waals surface area contributed by atoms with Gasteiger partial charge in [0.1, 0.15) is 11.5 Å². The van der Waals surface area contributed by atoms with Crippen LogP contribution in [-0.4, -0.2) is 96.1 Å². The molecule has 14 heteroatoms. The second-order valence-electron chi connectivity index (χ2n) is 7.90. The average molecular weight is 571 g/mol. The number of aliphatic carboxylic acids is 3. The van der Waals surface area contributed by atoms with Crippen LogP contribution in [0.25, 0.3) is 0 Å². The lowest BCUT2D eigenvalue weighted by atomic mass is 9.96.